The molecule has 188 valence electrons. The van der Waals surface area contributed by atoms with Gasteiger partial charge in [-0.15, -0.1) is 0 Å². The summed E-state index contributed by atoms with van der Waals surface area (Å²) in [4.78, 5) is 16.0. The lowest BCUT2D eigenvalue weighted by Crippen LogP contribution is -2.31. The van der Waals surface area contributed by atoms with E-state index in [1.807, 2.05) is 5.32 Å². The van der Waals surface area contributed by atoms with Gasteiger partial charge in [-0.05, 0) is 25.3 Å². The Kier molecular flexibility index (Phi) is 7.23. The molecule has 1 heterocycles. The zero-order valence-electron chi connectivity index (χ0n) is 17.5. The zero-order valence-corrected chi connectivity index (χ0v) is 17.5. The second-order valence-corrected chi connectivity index (χ2v) is 8.01. The monoisotopic (exact) mass is 501 g/mol. The first-order chi connectivity index (χ1) is 15.7. The highest BCUT2D eigenvalue weighted by Gasteiger charge is 2.41. The highest BCUT2D eigenvalue weighted by molar-refractivity contribution is 5.53. The minimum absolute atomic E-state index is 0.163. The highest BCUT2D eigenvalue weighted by Crippen LogP contribution is 2.38. The van der Waals surface area contributed by atoms with Crippen LogP contribution in [0, 0.1) is 0 Å². The van der Waals surface area contributed by atoms with Crippen LogP contribution in [0.3, 0.4) is 0 Å². The van der Waals surface area contributed by atoms with E-state index in [4.69, 9.17) is 0 Å². The molecule has 0 unspecified atom stereocenters. The molecule has 1 aromatic heterocycles. The van der Waals surface area contributed by atoms with Crippen molar-refractivity contribution in [1.82, 2.24) is 9.55 Å². The summed E-state index contributed by atoms with van der Waals surface area (Å²) in [6, 6.07) is -0.436. The van der Waals surface area contributed by atoms with Crippen LogP contribution in [0.25, 0.3) is 0 Å². The van der Waals surface area contributed by atoms with Crippen molar-refractivity contribution in [2.75, 3.05) is 5.32 Å². The predicted octanol–water partition coefficient (Wildman–Crippen LogP) is 6.83. The van der Waals surface area contributed by atoms with Gasteiger partial charge in [0.1, 0.15) is 0 Å². The van der Waals surface area contributed by atoms with Crippen molar-refractivity contribution in [2.24, 2.45) is 0 Å². The van der Waals surface area contributed by atoms with Gasteiger partial charge in [0, 0.05) is 12.1 Å². The number of allylic oxidation sites excluding steroid dienone is 5. The molecule has 34 heavy (non-hydrogen) atoms. The summed E-state index contributed by atoms with van der Waals surface area (Å²) in [5.41, 5.74) is -6.90. The maximum atomic E-state index is 13.6. The van der Waals surface area contributed by atoms with Crippen LogP contribution in [0.1, 0.15) is 56.7 Å². The molecule has 2 aliphatic rings. The SMILES string of the molecule is O=c1cc(C(F)(F)F)nc(NC2=CC(C(F)(F)F)=CCC=C2C(F)(F)F)n1C1CCCCCC1. The van der Waals surface area contributed by atoms with Gasteiger partial charge < -0.3 is 5.32 Å². The van der Waals surface area contributed by atoms with Crippen LogP contribution in [-0.2, 0) is 6.18 Å². The fraction of sp³-hybridized carbons (Fsp3) is 0.524. The molecule has 3 rings (SSSR count). The van der Waals surface area contributed by atoms with E-state index in [2.05, 4.69) is 4.98 Å². The van der Waals surface area contributed by atoms with E-state index in [-0.39, 0.29) is 12.1 Å². The Bertz CT molecular complexity index is 1050. The lowest BCUT2D eigenvalue weighted by molar-refractivity contribution is -0.141. The lowest BCUT2D eigenvalue weighted by atomic mass is 10.1. The van der Waals surface area contributed by atoms with Crippen molar-refractivity contribution in [3.05, 3.63) is 57.2 Å². The first-order valence-electron chi connectivity index (χ1n) is 10.4. The van der Waals surface area contributed by atoms with Gasteiger partial charge >= 0.3 is 18.5 Å². The van der Waals surface area contributed by atoms with Crippen LogP contribution >= 0.6 is 0 Å². The average Bonchev–Trinajstić information content (AvgIpc) is 3.07. The molecule has 1 aromatic rings. The largest absolute Gasteiger partial charge is 0.433 e. The van der Waals surface area contributed by atoms with E-state index in [9.17, 15) is 44.3 Å². The van der Waals surface area contributed by atoms with E-state index in [1.54, 1.807) is 0 Å². The Balaban J connectivity index is 2.19. The molecule has 1 N–H and O–H groups in total. The molecule has 1 saturated carbocycles. The molecule has 0 bridgehead atoms. The predicted molar refractivity (Wildman–Crippen MR) is 105 cm³/mol. The number of halogens is 9. The Morgan fingerprint density at radius 2 is 1.47 bits per heavy atom. The summed E-state index contributed by atoms with van der Waals surface area (Å²) in [7, 11) is 0. The van der Waals surface area contributed by atoms with Crippen molar-refractivity contribution < 1.29 is 39.5 Å². The number of anilines is 1. The molecule has 0 aromatic carbocycles. The number of aromatic nitrogens is 2. The van der Waals surface area contributed by atoms with Crippen molar-refractivity contribution in [3.63, 3.8) is 0 Å². The number of hydrogen-bond donors (Lipinski definition) is 1. The van der Waals surface area contributed by atoms with Gasteiger partial charge in [-0.1, -0.05) is 37.8 Å². The summed E-state index contributed by atoms with van der Waals surface area (Å²) >= 11 is 0. The quantitative estimate of drug-likeness (QED) is 0.365. The lowest BCUT2D eigenvalue weighted by Gasteiger charge is -2.24. The van der Waals surface area contributed by atoms with Crippen LogP contribution < -0.4 is 10.9 Å². The molecule has 0 amide bonds. The number of rotatable bonds is 3. The molecule has 0 saturated heterocycles. The van der Waals surface area contributed by atoms with Gasteiger partial charge in [0.15, 0.2) is 5.69 Å². The number of alkyl halides is 9. The van der Waals surface area contributed by atoms with Crippen LogP contribution in [0.15, 0.2) is 45.9 Å². The summed E-state index contributed by atoms with van der Waals surface area (Å²) in [5, 5.41) is 2.00. The van der Waals surface area contributed by atoms with Gasteiger partial charge in [0.2, 0.25) is 5.95 Å². The standard InChI is InChI=1S/C21H20F9N3O/c22-19(23,24)12-6-5-9-14(20(25,26)27)15(10-12)31-18-32-16(21(28,29)30)11-17(34)33(18)13-7-3-1-2-4-8-13/h6,9-11,13H,1-5,7-8H2,(H,31,32). The second-order valence-electron chi connectivity index (χ2n) is 8.01. The summed E-state index contributed by atoms with van der Waals surface area (Å²) in [6.45, 7) is 0. The average molecular weight is 501 g/mol. The molecule has 0 radical (unpaired) electrons. The second kappa shape index (κ2) is 9.49. The minimum Gasteiger partial charge on any atom is -0.325 e. The fourth-order valence-electron chi connectivity index (χ4n) is 3.99. The van der Waals surface area contributed by atoms with Crippen molar-refractivity contribution in [3.8, 4) is 0 Å². The molecule has 0 aliphatic heterocycles. The van der Waals surface area contributed by atoms with Crippen molar-refractivity contribution in [1.29, 1.82) is 0 Å². The summed E-state index contributed by atoms with van der Waals surface area (Å²) < 4.78 is 122. The Labute approximate surface area is 187 Å². The van der Waals surface area contributed by atoms with Crippen LogP contribution in [-0.4, -0.2) is 21.9 Å². The van der Waals surface area contributed by atoms with Crippen LogP contribution in [0.2, 0.25) is 0 Å². The minimum atomic E-state index is -5.12. The summed E-state index contributed by atoms with van der Waals surface area (Å²) in [6.07, 6.45) is -11.2. The van der Waals surface area contributed by atoms with Crippen LogP contribution in [0.4, 0.5) is 45.5 Å². The number of nitrogens with zero attached hydrogens (tertiary/aromatic N) is 2. The number of nitrogens with one attached hydrogen (secondary N) is 1. The molecule has 2 aliphatic carbocycles. The molecule has 0 spiro atoms. The van der Waals surface area contributed by atoms with E-state index < -0.39 is 65.0 Å². The van der Waals surface area contributed by atoms with E-state index in [0.29, 0.717) is 37.8 Å². The third-order valence-corrected chi connectivity index (χ3v) is 5.56. The Morgan fingerprint density at radius 1 is 0.853 bits per heavy atom. The van der Waals surface area contributed by atoms with E-state index in [0.717, 1.165) is 17.4 Å². The Hall–Kier alpha value is -2.73. The molecule has 13 heteroatoms. The fourth-order valence-corrected chi connectivity index (χ4v) is 3.99. The normalized spacial score (nSPS) is 19.0. The summed E-state index contributed by atoms with van der Waals surface area (Å²) in [5.74, 6) is -0.892. The maximum absolute atomic E-state index is 13.6. The van der Waals surface area contributed by atoms with Crippen molar-refractivity contribution >= 4 is 5.95 Å². The van der Waals surface area contributed by atoms with E-state index in [1.165, 1.54) is 0 Å². The molecular weight excluding hydrogens is 481 g/mol. The third-order valence-electron chi connectivity index (χ3n) is 5.56. The van der Waals surface area contributed by atoms with Gasteiger partial charge in [-0.2, -0.15) is 39.5 Å². The molecule has 4 nitrogen and oxygen atoms in total. The van der Waals surface area contributed by atoms with Gasteiger partial charge in [-0.3, -0.25) is 9.36 Å². The van der Waals surface area contributed by atoms with Crippen molar-refractivity contribution in [2.45, 2.75) is 69.5 Å². The van der Waals surface area contributed by atoms with Gasteiger partial charge in [-0.25, -0.2) is 4.98 Å². The Morgan fingerprint density at radius 3 is 2.00 bits per heavy atom. The van der Waals surface area contributed by atoms with Crippen LogP contribution in [0.5, 0.6) is 0 Å². The molecule has 1 fully saturated rings. The maximum Gasteiger partial charge on any atom is 0.433 e. The topological polar surface area (TPSA) is 46.9 Å². The molecular formula is C21H20F9N3O. The third kappa shape index (κ3) is 6.03. The molecule has 0 atom stereocenters. The van der Waals surface area contributed by atoms with E-state index >= 15 is 0 Å². The smallest absolute Gasteiger partial charge is 0.325 e. The first-order valence-corrected chi connectivity index (χ1v) is 10.4. The number of hydrogen-bond acceptors (Lipinski definition) is 3. The first kappa shape index (κ1) is 25.9. The zero-order chi connectivity index (χ0) is 25.3. The highest BCUT2D eigenvalue weighted by atomic mass is 19.4. The van der Waals surface area contributed by atoms with Gasteiger partial charge in [0.25, 0.3) is 5.56 Å². The van der Waals surface area contributed by atoms with Gasteiger partial charge in [0.05, 0.1) is 16.8 Å².